The lowest BCUT2D eigenvalue weighted by Gasteiger charge is -2.38. The van der Waals surface area contributed by atoms with E-state index in [-0.39, 0.29) is 123 Å². The highest BCUT2D eigenvalue weighted by Crippen LogP contribution is 2.47. The zero-order chi connectivity index (χ0) is 39.7. The highest BCUT2D eigenvalue weighted by atomic mass is 32.2. The summed E-state index contributed by atoms with van der Waals surface area (Å²) in [5.41, 5.74) is 0. The molecule has 9 fully saturated rings. The van der Waals surface area contributed by atoms with E-state index < -0.39 is 86.1 Å². The number of rotatable bonds is 4. The summed E-state index contributed by atoms with van der Waals surface area (Å²) in [5.74, 6) is -1.23. The van der Waals surface area contributed by atoms with Crippen LogP contribution in [0.25, 0.3) is 0 Å². The fourth-order valence-electron chi connectivity index (χ4n) is 12.9. The predicted octanol–water partition coefficient (Wildman–Crippen LogP) is -1.93. The minimum atomic E-state index is -4.33. The van der Waals surface area contributed by atoms with Gasteiger partial charge in [0, 0.05) is 0 Å². The molecule has 20 unspecified atom stereocenters. The molecule has 0 aromatic rings. The summed E-state index contributed by atoms with van der Waals surface area (Å²) in [7, 11) is -17.3. The molecule has 5 saturated heterocycles. The zero-order valence-corrected chi connectivity index (χ0v) is 34.0. The Morgan fingerprint density at radius 1 is 0.268 bits per heavy atom. The molecule has 12 N–H and O–H groups in total. The fourth-order valence-corrected chi connectivity index (χ4v) is 16.5. The molecule has 320 valence electrons. The molecule has 8 bridgehead atoms. The van der Waals surface area contributed by atoms with Gasteiger partial charge in [-0.15, -0.1) is 0 Å². The van der Waals surface area contributed by atoms with E-state index in [0.29, 0.717) is 25.7 Å². The Kier molecular flexibility index (Phi) is 10.5. The van der Waals surface area contributed by atoms with Crippen molar-refractivity contribution in [3.63, 3.8) is 0 Å². The van der Waals surface area contributed by atoms with Crippen molar-refractivity contribution < 1.29 is 51.9 Å². The predicted molar refractivity (Wildman–Crippen MR) is 200 cm³/mol. The molecule has 9 aliphatic rings. The molecule has 0 spiro atoms. The van der Waals surface area contributed by atoms with Gasteiger partial charge in [0.25, 0.3) is 40.5 Å². The van der Waals surface area contributed by atoms with Gasteiger partial charge in [0.05, 0.1) is 70.3 Å². The third-order valence-corrected chi connectivity index (χ3v) is 20.7. The number of fused-ring (bicyclic) bond motifs is 20. The van der Waals surface area contributed by atoms with Gasteiger partial charge < -0.3 is 0 Å². The molecule has 9 rings (SSSR count). The van der Waals surface area contributed by atoms with E-state index in [1.807, 2.05) is 0 Å². The lowest BCUT2D eigenvalue weighted by molar-refractivity contribution is 0.166. The van der Waals surface area contributed by atoms with E-state index in [1.165, 1.54) is 0 Å². The Hall–Kier alpha value is -0.680. The first kappa shape index (κ1) is 40.7. The number of hydrogen-bond donors (Lipinski definition) is 12. The van der Waals surface area contributed by atoms with Gasteiger partial charge in [-0.3, -0.25) is 60.7 Å². The first-order chi connectivity index (χ1) is 26.2. The van der Waals surface area contributed by atoms with E-state index in [1.54, 1.807) is 0 Å². The van der Waals surface area contributed by atoms with Crippen molar-refractivity contribution in [2.45, 2.75) is 147 Å². The molecule has 56 heavy (non-hydrogen) atoms. The first-order valence-corrected chi connectivity index (χ1v) is 26.2. The molecular formula is C32H56N8O12S4. The summed E-state index contributed by atoms with van der Waals surface area (Å²) in [4.78, 5) is 0. The summed E-state index contributed by atoms with van der Waals surface area (Å²) in [6.07, 6.45) is 0.748. The molecule has 0 aromatic carbocycles. The minimum Gasteiger partial charge on any atom is -0.286 e. The second-order valence-electron chi connectivity index (χ2n) is 18.3. The molecular weight excluding hydrogens is 817 g/mol. The normalized spacial score (nSPS) is 51.1. The van der Waals surface area contributed by atoms with Crippen LogP contribution in [0.3, 0.4) is 0 Å². The smallest absolute Gasteiger partial charge is 0.267 e. The van der Waals surface area contributed by atoms with Gasteiger partial charge in [-0.05, 0) is 124 Å². The third kappa shape index (κ3) is 7.52. The maximum atomic E-state index is 12.5. The van der Waals surface area contributed by atoms with Crippen molar-refractivity contribution in [2.24, 2.45) is 47.3 Å². The largest absolute Gasteiger partial charge is 0.286 e. The van der Waals surface area contributed by atoms with E-state index >= 15 is 0 Å². The maximum Gasteiger partial charge on any atom is 0.267 e. The summed E-state index contributed by atoms with van der Waals surface area (Å²) < 4.78 is 140. The van der Waals surface area contributed by atoms with Crippen LogP contribution in [0, 0.1) is 47.3 Å². The summed E-state index contributed by atoms with van der Waals surface area (Å²) in [6.45, 7) is 0. The van der Waals surface area contributed by atoms with Crippen LogP contribution < -0.4 is 42.5 Å². The van der Waals surface area contributed by atoms with Crippen LogP contribution in [0.1, 0.15) is 77.0 Å². The lowest BCUT2D eigenvalue weighted by Crippen LogP contribution is -2.61. The second-order valence-corrected chi connectivity index (χ2v) is 25.1. The standard InChI is InChI=1S/C32H56N8O12S4/c41-53(42,43)13-1-5-17-21(9-13)29-34-25(17)33-26-18-6-2-15(55(47,48)49)11-23(18)31(35-26)40-32-24-12-16(56(50,51)52)4-8-20(24)28(39-32)38-30-22-10-14(54(44,45)46)3-7-19(22)27(36-29)37-30/h13-40H,1-12H2,(H,41,42,43)(H,44,45,46)(H,47,48,49)(H,50,51,52). The number of nitrogens with one attached hydrogen (secondary N) is 8. The fraction of sp³-hybridized carbons (Fsp3) is 1.00. The average Bonchev–Trinajstić information content (AvgIpc) is 3.84. The van der Waals surface area contributed by atoms with Gasteiger partial charge in [0.15, 0.2) is 0 Å². The van der Waals surface area contributed by atoms with Crippen LogP contribution >= 0.6 is 0 Å². The quantitative estimate of drug-likeness (QED) is 0.137. The van der Waals surface area contributed by atoms with Crippen molar-refractivity contribution in [1.29, 1.82) is 0 Å². The summed E-state index contributed by atoms with van der Waals surface area (Å²) in [5, 5.41) is 26.0. The monoisotopic (exact) mass is 872 g/mol. The van der Waals surface area contributed by atoms with Gasteiger partial charge in [-0.25, -0.2) is 0 Å². The van der Waals surface area contributed by atoms with Crippen molar-refractivity contribution >= 4 is 40.5 Å². The van der Waals surface area contributed by atoms with E-state index in [4.69, 9.17) is 0 Å². The Bertz CT molecular complexity index is 1980. The van der Waals surface area contributed by atoms with E-state index in [2.05, 4.69) is 42.5 Å². The number of hydrogen-bond acceptors (Lipinski definition) is 16. The van der Waals surface area contributed by atoms with Crippen molar-refractivity contribution in [3.8, 4) is 0 Å². The summed E-state index contributed by atoms with van der Waals surface area (Å²) >= 11 is 0. The Morgan fingerprint density at radius 3 is 0.589 bits per heavy atom. The van der Waals surface area contributed by atoms with Gasteiger partial charge >= 0.3 is 0 Å². The third-order valence-electron chi connectivity index (χ3n) is 15.6. The highest BCUT2D eigenvalue weighted by molar-refractivity contribution is 7.87. The van der Waals surface area contributed by atoms with Crippen LogP contribution in [0.15, 0.2) is 0 Å². The Labute approximate surface area is 328 Å². The van der Waals surface area contributed by atoms with Crippen LogP contribution in [0.2, 0.25) is 0 Å². The molecule has 24 heteroatoms. The van der Waals surface area contributed by atoms with Gasteiger partial charge in [-0.2, -0.15) is 33.7 Å². The molecule has 4 saturated carbocycles. The first-order valence-electron chi connectivity index (χ1n) is 20.2. The summed E-state index contributed by atoms with van der Waals surface area (Å²) in [6, 6.07) is 0. The zero-order valence-electron chi connectivity index (χ0n) is 30.7. The molecule has 0 aromatic heterocycles. The van der Waals surface area contributed by atoms with Crippen LogP contribution in [-0.4, -0.2) is 122 Å². The topological polar surface area (TPSA) is 314 Å². The molecule has 0 amide bonds. The van der Waals surface area contributed by atoms with E-state index in [0.717, 1.165) is 0 Å². The SMILES string of the molecule is O=S(=O)(O)C1CCC2C3NC4NC(NC5NC(NC6NC(NC(N3)C2C1)C1CCC(S(=O)(=O)O)CC61)C1CCC(S(=O)(=O)O)CC51)C1CC(S(=O)(=O)O)CCC41. The molecule has 20 nitrogen and oxygen atoms in total. The Balaban J connectivity index is 1.08. The van der Waals surface area contributed by atoms with Gasteiger partial charge in [0.2, 0.25) is 0 Å². The Morgan fingerprint density at radius 2 is 0.429 bits per heavy atom. The molecule has 4 aliphatic carbocycles. The molecule has 5 heterocycles. The second kappa shape index (κ2) is 14.5. The van der Waals surface area contributed by atoms with Crippen LogP contribution in [0.4, 0.5) is 0 Å². The average molecular weight is 873 g/mol. The molecule has 0 radical (unpaired) electrons. The minimum absolute atomic E-state index is 0.0398. The lowest BCUT2D eigenvalue weighted by atomic mass is 9.76. The van der Waals surface area contributed by atoms with Crippen molar-refractivity contribution in [1.82, 2.24) is 42.5 Å². The van der Waals surface area contributed by atoms with Crippen LogP contribution in [-0.2, 0) is 40.5 Å². The van der Waals surface area contributed by atoms with Crippen LogP contribution in [0.5, 0.6) is 0 Å². The van der Waals surface area contributed by atoms with Crippen molar-refractivity contribution in [3.05, 3.63) is 0 Å². The van der Waals surface area contributed by atoms with Gasteiger partial charge in [0.1, 0.15) is 0 Å². The molecule has 20 atom stereocenters. The van der Waals surface area contributed by atoms with E-state index in [9.17, 15) is 51.9 Å². The van der Waals surface area contributed by atoms with Crippen molar-refractivity contribution in [2.75, 3.05) is 0 Å². The molecule has 5 aliphatic heterocycles. The maximum absolute atomic E-state index is 12.5. The van der Waals surface area contributed by atoms with Gasteiger partial charge in [-0.1, -0.05) is 0 Å². The highest BCUT2D eigenvalue weighted by Gasteiger charge is 2.58.